The molecule has 0 fully saturated rings. The van der Waals surface area contributed by atoms with E-state index in [4.69, 9.17) is 5.11 Å². The Labute approximate surface area is 100 Å². The van der Waals surface area contributed by atoms with Gasteiger partial charge < -0.3 is 5.11 Å². The summed E-state index contributed by atoms with van der Waals surface area (Å²) in [6.45, 7) is 3.44. The van der Waals surface area contributed by atoms with Crippen molar-refractivity contribution in [2.24, 2.45) is 5.41 Å². The Morgan fingerprint density at radius 2 is 2.00 bits per heavy atom. The van der Waals surface area contributed by atoms with E-state index in [1.54, 1.807) is 20.0 Å². The molecule has 1 N–H and O–H groups in total. The standard InChI is InChI=1S/C14H15NO2/c1-14(2,13(16)17)9-12-11-6-4-3-5-10(11)7-8-15-12/h3-8H,9H2,1-2H3,(H,16,17). The fourth-order valence-corrected chi connectivity index (χ4v) is 1.82. The first-order chi connectivity index (χ1) is 8.00. The zero-order chi connectivity index (χ0) is 12.5. The van der Waals surface area contributed by atoms with E-state index in [2.05, 4.69) is 4.98 Å². The third kappa shape index (κ3) is 2.28. The van der Waals surface area contributed by atoms with Crippen LogP contribution in [0.15, 0.2) is 36.5 Å². The minimum atomic E-state index is -0.799. The van der Waals surface area contributed by atoms with Crippen molar-refractivity contribution in [2.75, 3.05) is 0 Å². The van der Waals surface area contributed by atoms with E-state index in [1.165, 1.54) is 0 Å². The Morgan fingerprint density at radius 1 is 1.29 bits per heavy atom. The van der Waals surface area contributed by atoms with Gasteiger partial charge in [0.1, 0.15) is 0 Å². The number of benzene rings is 1. The molecule has 0 aliphatic heterocycles. The van der Waals surface area contributed by atoms with Crippen molar-refractivity contribution in [3.05, 3.63) is 42.2 Å². The molecule has 3 nitrogen and oxygen atoms in total. The summed E-state index contributed by atoms with van der Waals surface area (Å²) in [5.74, 6) is -0.799. The minimum Gasteiger partial charge on any atom is -0.481 e. The van der Waals surface area contributed by atoms with Crippen LogP contribution in [0.2, 0.25) is 0 Å². The molecule has 0 saturated carbocycles. The van der Waals surface area contributed by atoms with Crippen molar-refractivity contribution in [3.8, 4) is 0 Å². The van der Waals surface area contributed by atoms with Gasteiger partial charge in [-0.2, -0.15) is 0 Å². The molecule has 0 amide bonds. The Hall–Kier alpha value is -1.90. The lowest BCUT2D eigenvalue weighted by Crippen LogP contribution is -2.26. The van der Waals surface area contributed by atoms with Gasteiger partial charge in [0, 0.05) is 23.7 Å². The van der Waals surface area contributed by atoms with Gasteiger partial charge in [0.15, 0.2) is 0 Å². The highest BCUT2D eigenvalue weighted by atomic mass is 16.4. The molecular weight excluding hydrogens is 214 g/mol. The fraction of sp³-hybridized carbons (Fsp3) is 0.286. The van der Waals surface area contributed by atoms with E-state index >= 15 is 0 Å². The van der Waals surface area contributed by atoms with Gasteiger partial charge in [0.2, 0.25) is 0 Å². The molecular formula is C14H15NO2. The summed E-state index contributed by atoms with van der Waals surface area (Å²) in [6, 6.07) is 9.84. The van der Waals surface area contributed by atoms with Crippen LogP contribution in [0, 0.1) is 5.41 Å². The van der Waals surface area contributed by atoms with E-state index in [0.717, 1.165) is 16.5 Å². The van der Waals surface area contributed by atoms with Crippen LogP contribution >= 0.6 is 0 Å². The van der Waals surface area contributed by atoms with Gasteiger partial charge in [0.05, 0.1) is 5.41 Å². The molecule has 1 aromatic carbocycles. The lowest BCUT2D eigenvalue weighted by molar-refractivity contribution is -0.146. The van der Waals surface area contributed by atoms with Crippen molar-refractivity contribution in [2.45, 2.75) is 20.3 Å². The summed E-state index contributed by atoms with van der Waals surface area (Å²) >= 11 is 0. The average Bonchev–Trinajstić information content (AvgIpc) is 2.29. The lowest BCUT2D eigenvalue weighted by Gasteiger charge is -2.19. The molecule has 17 heavy (non-hydrogen) atoms. The molecule has 88 valence electrons. The minimum absolute atomic E-state index is 0.434. The van der Waals surface area contributed by atoms with Gasteiger partial charge in [-0.15, -0.1) is 0 Å². The first-order valence-electron chi connectivity index (χ1n) is 5.57. The fourth-order valence-electron chi connectivity index (χ4n) is 1.82. The molecule has 0 aliphatic carbocycles. The van der Waals surface area contributed by atoms with Crippen LogP contribution in [0.4, 0.5) is 0 Å². The molecule has 0 bridgehead atoms. The number of fused-ring (bicyclic) bond motifs is 1. The SMILES string of the molecule is CC(C)(Cc1nccc2ccccc12)C(=O)O. The van der Waals surface area contributed by atoms with E-state index in [-0.39, 0.29) is 0 Å². The molecule has 0 radical (unpaired) electrons. The second-order valence-electron chi connectivity index (χ2n) is 4.84. The van der Waals surface area contributed by atoms with Crippen molar-refractivity contribution < 1.29 is 9.90 Å². The Morgan fingerprint density at radius 3 is 2.71 bits per heavy atom. The van der Waals surface area contributed by atoms with Crippen molar-refractivity contribution in [1.29, 1.82) is 0 Å². The van der Waals surface area contributed by atoms with E-state index in [9.17, 15) is 4.79 Å². The molecule has 0 atom stereocenters. The first kappa shape index (κ1) is 11.6. The van der Waals surface area contributed by atoms with Gasteiger partial charge in [-0.25, -0.2) is 0 Å². The number of pyridine rings is 1. The zero-order valence-electron chi connectivity index (χ0n) is 9.97. The smallest absolute Gasteiger partial charge is 0.309 e. The predicted molar refractivity (Wildman–Crippen MR) is 66.9 cm³/mol. The highest BCUT2D eigenvalue weighted by molar-refractivity contribution is 5.85. The normalized spacial score (nSPS) is 11.6. The monoisotopic (exact) mass is 229 g/mol. The zero-order valence-corrected chi connectivity index (χ0v) is 9.97. The van der Waals surface area contributed by atoms with Crippen LogP contribution < -0.4 is 0 Å². The number of aromatic nitrogens is 1. The number of rotatable bonds is 3. The largest absolute Gasteiger partial charge is 0.481 e. The summed E-state index contributed by atoms with van der Waals surface area (Å²) < 4.78 is 0. The number of hydrogen-bond donors (Lipinski definition) is 1. The highest BCUT2D eigenvalue weighted by Crippen LogP contribution is 2.25. The number of aliphatic carboxylic acids is 1. The van der Waals surface area contributed by atoms with Gasteiger partial charge in [-0.3, -0.25) is 9.78 Å². The van der Waals surface area contributed by atoms with Gasteiger partial charge in [0.25, 0.3) is 0 Å². The maximum absolute atomic E-state index is 11.1. The number of carboxylic acids is 1. The van der Waals surface area contributed by atoms with Gasteiger partial charge >= 0.3 is 5.97 Å². The quantitative estimate of drug-likeness (QED) is 0.880. The molecule has 0 spiro atoms. The van der Waals surface area contributed by atoms with Crippen LogP contribution in [0.1, 0.15) is 19.5 Å². The third-order valence-electron chi connectivity index (χ3n) is 2.94. The molecule has 1 aromatic heterocycles. The topological polar surface area (TPSA) is 50.2 Å². The number of carboxylic acid groups (broad SMARTS) is 1. The average molecular weight is 229 g/mol. The molecule has 0 saturated heterocycles. The Kier molecular flexibility index (Phi) is 2.84. The number of hydrogen-bond acceptors (Lipinski definition) is 2. The predicted octanol–water partition coefficient (Wildman–Crippen LogP) is 2.89. The van der Waals surface area contributed by atoms with Crippen LogP contribution in [-0.2, 0) is 11.2 Å². The molecule has 2 rings (SSSR count). The van der Waals surface area contributed by atoms with Gasteiger partial charge in [-0.1, -0.05) is 24.3 Å². The summed E-state index contributed by atoms with van der Waals surface area (Å²) in [5.41, 5.74) is 0.0485. The van der Waals surface area contributed by atoms with Crippen molar-refractivity contribution in [3.63, 3.8) is 0 Å². The van der Waals surface area contributed by atoms with Crippen LogP contribution in [0.25, 0.3) is 10.8 Å². The summed E-state index contributed by atoms with van der Waals surface area (Å²) in [7, 11) is 0. The van der Waals surface area contributed by atoms with Crippen LogP contribution in [0.5, 0.6) is 0 Å². The lowest BCUT2D eigenvalue weighted by atomic mass is 9.86. The summed E-state index contributed by atoms with van der Waals surface area (Å²) in [6.07, 6.45) is 2.17. The third-order valence-corrected chi connectivity index (χ3v) is 2.94. The Bertz CT molecular complexity index is 556. The second kappa shape index (κ2) is 4.17. The van der Waals surface area contributed by atoms with Crippen molar-refractivity contribution >= 4 is 16.7 Å². The molecule has 2 aromatic rings. The molecule has 0 aliphatic rings. The summed E-state index contributed by atoms with van der Waals surface area (Å²) in [5, 5.41) is 11.3. The van der Waals surface area contributed by atoms with E-state index < -0.39 is 11.4 Å². The van der Waals surface area contributed by atoms with Gasteiger partial charge in [-0.05, 0) is 25.3 Å². The summed E-state index contributed by atoms with van der Waals surface area (Å²) in [4.78, 5) is 15.4. The highest BCUT2D eigenvalue weighted by Gasteiger charge is 2.28. The number of nitrogens with zero attached hydrogens (tertiary/aromatic N) is 1. The van der Waals surface area contributed by atoms with E-state index in [1.807, 2.05) is 30.3 Å². The Balaban J connectivity index is 2.46. The molecule has 0 unspecified atom stereocenters. The molecule has 1 heterocycles. The maximum atomic E-state index is 11.1. The van der Waals surface area contributed by atoms with E-state index in [0.29, 0.717) is 6.42 Å². The van der Waals surface area contributed by atoms with Crippen LogP contribution in [-0.4, -0.2) is 16.1 Å². The second-order valence-corrected chi connectivity index (χ2v) is 4.84. The first-order valence-corrected chi connectivity index (χ1v) is 5.57. The van der Waals surface area contributed by atoms with Crippen molar-refractivity contribution in [1.82, 2.24) is 4.98 Å². The maximum Gasteiger partial charge on any atom is 0.309 e. The van der Waals surface area contributed by atoms with Crippen LogP contribution in [0.3, 0.4) is 0 Å². The molecule has 3 heteroatoms. The number of carbonyl (C=O) groups is 1.